The van der Waals surface area contributed by atoms with Crippen LogP contribution in [0.2, 0.25) is 0 Å². The normalized spacial score (nSPS) is 22.5. The Labute approximate surface area is 108 Å². The van der Waals surface area contributed by atoms with Crippen molar-refractivity contribution in [2.75, 3.05) is 13.1 Å². The summed E-state index contributed by atoms with van der Waals surface area (Å²) < 4.78 is 0. The zero-order chi connectivity index (χ0) is 12.3. The number of nitrogens with two attached hydrogens (primary N) is 1. The second-order valence-electron chi connectivity index (χ2n) is 5.18. The third-order valence-electron chi connectivity index (χ3n) is 4.25. The van der Waals surface area contributed by atoms with Gasteiger partial charge in [0.05, 0.1) is 5.51 Å². The molecule has 2 N–H and O–H groups in total. The van der Waals surface area contributed by atoms with Crippen LogP contribution in [0.15, 0.2) is 11.7 Å². The van der Waals surface area contributed by atoms with Crippen LogP contribution >= 0.6 is 11.3 Å². The molecule has 1 saturated heterocycles. The molecule has 0 saturated carbocycles. The summed E-state index contributed by atoms with van der Waals surface area (Å²) in [7, 11) is 0. The first kappa shape index (κ1) is 13.0. The molecular formula is C13H23N3S. The summed E-state index contributed by atoms with van der Waals surface area (Å²) in [6.45, 7) is 7.00. The molecule has 2 rings (SSSR count). The Bertz CT molecular complexity index is 332. The van der Waals surface area contributed by atoms with Crippen molar-refractivity contribution in [3.8, 4) is 0 Å². The first-order valence-electron chi connectivity index (χ1n) is 6.55. The average Bonchev–Trinajstić information content (AvgIpc) is 3.00. The Morgan fingerprint density at radius 3 is 2.76 bits per heavy atom. The van der Waals surface area contributed by atoms with Crippen molar-refractivity contribution in [2.24, 2.45) is 5.73 Å². The summed E-state index contributed by atoms with van der Waals surface area (Å²) in [6.07, 6.45) is 6.66. The molecule has 0 amide bonds. The fourth-order valence-electron chi connectivity index (χ4n) is 2.73. The van der Waals surface area contributed by atoms with E-state index in [2.05, 4.69) is 23.7 Å². The van der Waals surface area contributed by atoms with E-state index in [0.717, 1.165) is 12.8 Å². The van der Waals surface area contributed by atoms with Crippen LogP contribution in [0.3, 0.4) is 0 Å². The summed E-state index contributed by atoms with van der Waals surface area (Å²) >= 11 is 1.71. The Kier molecular flexibility index (Phi) is 4.17. The lowest BCUT2D eigenvalue weighted by Crippen LogP contribution is -2.57. The molecule has 17 heavy (non-hydrogen) atoms. The molecule has 1 aromatic rings. The van der Waals surface area contributed by atoms with Crippen LogP contribution in [-0.2, 0) is 6.42 Å². The van der Waals surface area contributed by atoms with Gasteiger partial charge in [-0.15, -0.1) is 11.3 Å². The highest BCUT2D eigenvalue weighted by Crippen LogP contribution is 2.29. The minimum Gasteiger partial charge on any atom is -0.326 e. The first-order chi connectivity index (χ1) is 8.16. The highest BCUT2D eigenvalue weighted by molar-refractivity contribution is 7.09. The van der Waals surface area contributed by atoms with Crippen molar-refractivity contribution in [1.29, 1.82) is 0 Å². The number of likely N-dealkylation sites (tertiary alicyclic amines) is 1. The Morgan fingerprint density at radius 1 is 1.53 bits per heavy atom. The van der Waals surface area contributed by atoms with Gasteiger partial charge in [0.15, 0.2) is 0 Å². The van der Waals surface area contributed by atoms with E-state index in [0.29, 0.717) is 0 Å². The molecular weight excluding hydrogens is 230 g/mol. The van der Waals surface area contributed by atoms with Gasteiger partial charge in [0, 0.05) is 29.1 Å². The molecule has 0 aliphatic carbocycles. The van der Waals surface area contributed by atoms with E-state index >= 15 is 0 Å². The molecule has 96 valence electrons. The summed E-state index contributed by atoms with van der Waals surface area (Å²) in [4.78, 5) is 8.01. The van der Waals surface area contributed by atoms with Crippen LogP contribution in [-0.4, -0.2) is 34.6 Å². The average molecular weight is 253 g/mol. The van der Waals surface area contributed by atoms with Gasteiger partial charge in [-0.3, -0.25) is 9.88 Å². The van der Waals surface area contributed by atoms with Crippen molar-refractivity contribution in [3.05, 3.63) is 16.6 Å². The fourth-order valence-corrected chi connectivity index (χ4v) is 3.38. The zero-order valence-electron chi connectivity index (χ0n) is 10.9. The molecule has 3 nitrogen and oxygen atoms in total. The van der Waals surface area contributed by atoms with E-state index in [-0.39, 0.29) is 11.6 Å². The number of thiazole rings is 1. The molecule has 0 radical (unpaired) electrons. The third-order valence-corrected chi connectivity index (χ3v) is 5.05. The van der Waals surface area contributed by atoms with Gasteiger partial charge >= 0.3 is 0 Å². The van der Waals surface area contributed by atoms with Crippen molar-refractivity contribution < 1.29 is 0 Å². The molecule has 2 unspecified atom stereocenters. The van der Waals surface area contributed by atoms with E-state index in [1.54, 1.807) is 11.3 Å². The van der Waals surface area contributed by atoms with Gasteiger partial charge in [0.25, 0.3) is 0 Å². The van der Waals surface area contributed by atoms with E-state index in [1.807, 2.05) is 11.7 Å². The fraction of sp³-hybridized carbons (Fsp3) is 0.769. The predicted octanol–water partition coefficient (Wildman–Crippen LogP) is 2.28. The summed E-state index contributed by atoms with van der Waals surface area (Å²) in [5.74, 6) is 0. The van der Waals surface area contributed by atoms with Crippen LogP contribution < -0.4 is 5.73 Å². The molecule has 1 aromatic heterocycles. The summed E-state index contributed by atoms with van der Waals surface area (Å²) in [5.41, 5.74) is 8.50. The summed E-state index contributed by atoms with van der Waals surface area (Å²) in [6, 6.07) is 0.200. The maximum atomic E-state index is 6.47. The van der Waals surface area contributed by atoms with Crippen molar-refractivity contribution >= 4 is 11.3 Å². The minimum absolute atomic E-state index is 0.139. The lowest BCUT2D eigenvalue weighted by atomic mass is 9.86. The molecule has 0 bridgehead atoms. The number of rotatable bonds is 5. The van der Waals surface area contributed by atoms with Gasteiger partial charge in [-0.1, -0.05) is 6.92 Å². The van der Waals surface area contributed by atoms with Crippen molar-refractivity contribution in [3.63, 3.8) is 0 Å². The van der Waals surface area contributed by atoms with Gasteiger partial charge in [-0.25, -0.2) is 0 Å². The second-order valence-corrected chi connectivity index (χ2v) is 6.15. The maximum absolute atomic E-state index is 6.47. The monoisotopic (exact) mass is 253 g/mol. The standard InChI is InChI=1S/C13H23N3S/c1-3-13(2,16-6-4-5-7-16)12(14)8-11-9-15-10-17-11/h9-10,12H,3-8,14H2,1-2H3. The quantitative estimate of drug-likeness (QED) is 0.875. The highest BCUT2D eigenvalue weighted by Gasteiger charge is 2.37. The van der Waals surface area contributed by atoms with E-state index in [9.17, 15) is 0 Å². The molecule has 1 aliphatic heterocycles. The first-order valence-corrected chi connectivity index (χ1v) is 7.43. The molecule has 0 aromatic carbocycles. The predicted molar refractivity (Wildman–Crippen MR) is 73.3 cm³/mol. The van der Waals surface area contributed by atoms with Gasteiger partial charge in [0.2, 0.25) is 0 Å². The van der Waals surface area contributed by atoms with Gasteiger partial charge in [0.1, 0.15) is 0 Å². The Hall–Kier alpha value is -0.450. The SMILES string of the molecule is CCC(C)(C(N)Cc1cncs1)N1CCCC1. The highest BCUT2D eigenvalue weighted by atomic mass is 32.1. The number of hydrogen-bond donors (Lipinski definition) is 1. The number of nitrogens with zero attached hydrogens (tertiary/aromatic N) is 2. The van der Waals surface area contributed by atoms with Crippen molar-refractivity contribution in [2.45, 2.75) is 51.1 Å². The van der Waals surface area contributed by atoms with Crippen molar-refractivity contribution in [1.82, 2.24) is 9.88 Å². The lowest BCUT2D eigenvalue weighted by molar-refractivity contribution is 0.100. The number of hydrogen-bond acceptors (Lipinski definition) is 4. The molecule has 2 atom stereocenters. The Morgan fingerprint density at radius 2 is 2.24 bits per heavy atom. The Balaban J connectivity index is 2.05. The molecule has 0 spiro atoms. The van der Waals surface area contributed by atoms with Crippen LogP contribution in [0.5, 0.6) is 0 Å². The van der Waals surface area contributed by atoms with Crippen LogP contribution in [0, 0.1) is 0 Å². The third kappa shape index (κ3) is 2.69. The minimum atomic E-state index is 0.139. The van der Waals surface area contributed by atoms with Gasteiger partial charge in [-0.2, -0.15) is 0 Å². The van der Waals surface area contributed by atoms with E-state index in [1.165, 1.54) is 30.8 Å². The molecule has 1 aliphatic rings. The maximum Gasteiger partial charge on any atom is 0.0794 e. The smallest absolute Gasteiger partial charge is 0.0794 e. The largest absolute Gasteiger partial charge is 0.326 e. The van der Waals surface area contributed by atoms with Crippen LogP contribution in [0.25, 0.3) is 0 Å². The zero-order valence-corrected chi connectivity index (χ0v) is 11.7. The van der Waals surface area contributed by atoms with Gasteiger partial charge < -0.3 is 5.73 Å². The summed E-state index contributed by atoms with van der Waals surface area (Å²) in [5, 5.41) is 0. The van der Waals surface area contributed by atoms with Gasteiger partial charge in [-0.05, 0) is 39.3 Å². The van der Waals surface area contributed by atoms with E-state index < -0.39 is 0 Å². The molecule has 1 fully saturated rings. The second kappa shape index (κ2) is 5.46. The molecule has 4 heteroatoms. The van der Waals surface area contributed by atoms with E-state index in [4.69, 9.17) is 5.73 Å². The number of aromatic nitrogens is 1. The topological polar surface area (TPSA) is 42.1 Å². The molecule has 2 heterocycles. The lowest BCUT2D eigenvalue weighted by Gasteiger charge is -2.42. The van der Waals surface area contributed by atoms with Crippen LogP contribution in [0.4, 0.5) is 0 Å². The van der Waals surface area contributed by atoms with Crippen LogP contribution in [0.1, 0.15) is 38.0 Å².